The van der Waals surface area contributed by atoms with Crippen LogP contribution in [0.3, 0.4) is 0 Å². The minimum atomic E-state index is 0. The average Bonchev–Trinajstić information content (AvgIpc) is 2.71. The zero-order valence-corrected chi connectivity index (χ0v) is 22.6. The van der Waals surface area contributed by atoms with E-state index in [0.29, 0.717) is 0 Å². The van der Waals surface area contributed by atoms with Gasteiger partial charge in [0.1, 0.15) is 0 Å². The van der Waals surface area contributed by atoms with Crippen molar-refractivity contribution in [2.24, 2.45) is 0 Å². The second-order valence-corrected chi connectivity index (χ2v) is 9.69. The first-order valence-corrected chi connectivity index (χ1v) is 11.7. The molecule has 0 saturated heterocycles. The standard InChI is InChI=1S/2C12H8Br2.H2S/c2*13-11-5-1-9(2-6-11)10-3-7-12(14)8-4-10;/h2*1-8H;1H2. The summed E-state index contributed by atoms with van der Waals surface area (Å²) in [6, 6.07) is 33.3. The number of rotatable bonds is 2. The lowest BCUT2D eigenvalue weighted by Crippen LogP contribution is -1.76. The summed E-state index contributed by atoms with van der Waals surface area (Å²) >= 11 is 13.7. The van der Waals surface area contributed by atoms with Gasteiger partial charge in [-0.05, 0) is 70.8 Å². The van der Waals surface area contributed by atoms with Gasteiger partial charge < -0.3 is 0 Å². The smallest absolute Gasteiger partial charge is 0.0175 e. The minimum absolute atomic E-state index is 0. The Kier molecular flexibility index (Phi) is 10.2. The second-order valence-electron chi connectivity index (χ2n) is 6.03. The number of hydrogen-bond donors (Lipinski definition) is 0. The van der Waals surface area contributed by atoms with Crippen molar-refractivity contribution < 1.29 is 0 Å². The second kappa shape index (κ2) is 12.1. The molecule has 0 aliphatic heterocycles. The van der Waals surface area contributed by atoms with Gasteiger partial charge in [0.15, 0.2) is 0 Å². The summed E-state index contributed by atoms with van der Waals surface area (Å²) in [6.07, 6.45) is 0. The minimum Gasteiger partial charge on any atom is -0.197 e. The van der Waals surface area contributed by atoms with Crippen LogP contribution in [-0.2, 0) is 0 Å². The molecule has 0 nitrogen and oxygen atoms in total. The topological polar surface area (TPSA) is 0 Å². The molecule has 0 N–H and O–H groups in total. The molecule has 4 rings (SSSR count). The third-order valence-corrected chi connectivity index (χ3v) is 6.16. The highest BCUT2D eigenvalue weighted by Gasteiger charge is 1.97. The quantitative estimate of drug-likeness (QED) is 0.201. The summed E-state index contributed by atoms with van der Waals surface area (Å²) in [7, 11) is 0. The zero-order valence-electron chi connectivity index (χ0n) is 15.2. The van der Waals surface area contributed by atoms with E-state index < -0.39 is 0 Å². The van der Waals surface area contributed by atoms with Crippen molar-refractivity contribution >= 4 is 77.2 Å². The van der Waals surface area contributed by atoms with Crippen molar-refractivity contribution in [2.45, 2.75) is 0 Å². The lowest BCUT2D eigenvalue weighted by molar-refractivity contribution is 1.58. The zero-order chi connectivity index (χ0) is 19.9. The third kappa shape index (κ3) is 7.72. The molecule has 0 aromatic heterocycles. The van der Waals surface area contributed by atoms with E-state index in [2.05, 4.69) is 161 Å². The molecule has 0 unspecified atom stereocenters. The van der Waals surface area contributed by atoms with E-state index in [9.17, 15) is 0 Å². The predicted molar refractivity (Wildman–Crippen MR) is 145 cm³/mol. The van der Waals surface area contributed by atoms with Gasteiger partial charge in [0.25, 0.3) is 0 Å². The van der Waals surface area contributed by atoms with Gasteiger partial charge in [-0.25, -0.2) is 0 Å². The van der Waals surface area contributed by atoms with Gasteiger partial charge in [0, 0.05) is 17.9 Å². The molecule has 0 bridgehead atoms. The van der Waals surface area contributed by atoms with Crippen LogP contribution in [0.15, 0.2) is 115 Å². The number of hydrogen-bond acceptors (Lipinski definition) is 0. The van der Waals surface area contributed by atoms with E-state index >= 15 is 0 Å². The highest BCUT2D eigenvalue weighted by Crippen LogP contribution is 2.24. The van der Waals surface area contributed by atoms with Crippen LogP contribution >= 0.6 is 77.2 Å². The Labute approximate surface area is 212 Å². The highest BCUT2D eigenvalue weighted by atomic mass is 79.9. The van der Waals surface area contributed by atoms with E-state index in [1.807, 2.05) is 0 Å². The number of halogens is 4. The molecular formula is C24H18Br4S. The van der Waals surface area contributed by atoms with Crippen LogP contribution in [-0.4, -0.2) is 0 Å². The first-order chi connectivity index (χ1) is 13.5. The summed E-state index contributed by atoms with van der Waals surface area (Å²) < 4.78 is 4.44. The van der Waals surface area contributed by atoms with Crippen LogP contribution in [0.2, 0.25) is 0 Å². The van der Waals surface area contributed by atoms with Gasteiger partial charge in [-0.3, -0.25) is 0 Å². The predicted octanol–water partition coefficient (Wildman–Crippen LogP) is 9.87. The van der Waals surface area contributed by atoms with Crippen molar-refractivity contribution in [1.82, 2.24) is 0 Å². The average molecular weight is 658 g/mol. The Morgan fingerprint density at radius 3 is 0.552 bits per heavy atom. The SMILES string of the molecule is Brc1ccc(-c2ccc(Br)cc2)cc1.Brc1ccc(-c2ccc(Br)cc2)cc1.S. The molecule has 0 atom stereocenters. The molecule has 0 fully saturated rings. The van der Waals surface area contributed by atoms with E-state index in [1.54, 1.807) is 0 Å². The highest BCUT2D eigenvalue weighted by molar-refractivity contribution is 9.11. The normalized spacial score (nSPS) is 9.79. The summed E-state index contributed by atoms with van der Waals surface area (Å²) in [6.45, 7) is 0. The summed E-state index contributed by atoms with van der Waals surface area (Å²) in [4.78, 5) is 0. The maximum absolute atomic E-state index is 3.42. The maximum Gasteiger partial charge on any atom is 0.0175 e. The molecule has 0 saturated carbocycles. The van der Waals surface area contributed by atoms with Crippen molar-refractivity contribution in [3.05, 3.63) is 115 Å². The first kappa shape index (κ1) is 24.4. The molecule has 148 valence electrons. The van der Waals surface area contributed by atoms with E-state index in [-0.39, 0.29) is 13.5 Å². The molecule has 0 amide bonds. The Morgan fingerprint density at radius 1 is 0.276 bits per heavy atom. The molecule has 0 heterocycles. The van der Waals surface area contributed by atoms with Crippen LogP contribution in [0.5, 0.6) is 0 Å². The van der Waals surface area contributed by atoms with Gasteiger partial charge in [-0.2, -0.15) is 13.5 Å². The molecule has 0 spiro atoms. The van der Waals surface area contributed by atoms with Gasteiger partial charge >= 0.3 is 0 Å². The van der Waals surface area contributed by atoms with Crippen molar-refractivity contribution in [3.63, 3.8) is 0 Å². The molecule has 0 aliphatic rings. The van der Waals surface area contributed by atoms with E-state index in [1.165, 1.54) is 22.3 Å². The van der Waals surface area contributed by atoms with Crippen molar-refractivity contribution in [1.29, 1.82) is 0 Å². The summed E-state index contributed by atoms with van der Waals surface area (Å²) in [5.74, 6) is 0. The Bertz CT molecular complexity index is 836. The fraction of sp³-hybridized carbons (Fsp3) is 0. The third-order valence-electron chi connectivity index (χ3n) is 4.04. The lowest BCUT2D eigenvalue weighted by atomic mass is 10.1. The van der Waals surface area contributed by atoms with Gasteiger partial charge in [-0.15, -0.1) is 0 Å². The Hall–Kier alpha value is -0.850. The van der Waals surface area contributed by atoms with Crippen LogP contribution in [0.1, 0.15) is 0 Å². The van der Waals surface area contributed by atoms with Gasteiger partial charge in [0.2, 0.25) is 0 Å². The van der Waals surface area contributed by atoms with Crippen LogP contribution < -0.4 is 0 Å². The largest absolute Gasteiger partial charge is 0.197 e. The monoisotopic (exact) mass is 654 g/mol. The Morgan fingerprint density at radius 2 is 0.414 bits per heavy atom. The van der Waals surface area contributed by atoms with Crippen LogP contribution in [0, 0.1) is 0 Å². The maximum atomic E-state index is 3.42. The van der Waals surface area contributed by atoms with E-state index in [4.69, 9.17) is 0 Å². The van der Waals surface area contributed by atoms with Crippen molar-refractivity contribution in [3.8, 4) is 22.3 Å². The van der Waals surface area contributed by atoms with Gasteiger partial charge in [-0.1, -0.05) is 112 Å². The molecule has 5 heteroatoms. The molecule has 0 radical (unpaired) electrons. The molecule has 29 heavy (non-hydrogen) atoms. The summed E-state index contributed by atoms with van der Waals surface area (Å²) in [5, 5.41) is 0. The first-order valence-electron chi connectivity index (χ1n) is 8.54. The fourth-order valence-corrected chi connectivity index (χ4v) is 3.63. The van der Waals surface area contributed by atoms with Gasteiger partial charge in [0.05, 0.1) is 0 Å². The number of benzene rings is 4. The van der Waals surface area contributed by atoms with Crippen LogP contribution in [0.4, 0.5) is 0 Å². The molecule has 4 aromatic carbocycles. The molecule has 0 aliphatic carbocycles. The molecule has 4 aromatic rings. The Balaban J connectivity index is 0.000000200. The van der Waals surface area contributed by atoms with Crippen LogP contribution in [0.25, 0.3) is 22.3 Å². The fourth-order valence-electron chi connectivity index (χ4n) is 2.57. The van der Waals surface area contributed by atoms with Crippen molar-refractivity contribution in [2.75, 3.05) is 0 Å². The van der Waals surface area contributed by atoms with E-state index in [0.717, 1.165) is 17.9 Å². The lowest BCUT2D eigenvalue weighted by Gasteiger charge is -2.01. The summed E-state index contributed by atoms with van der Waals surface area (Å²) in [5.41, 5.74) is 4.95. The molecular weight excluding hydrogens is 640 g/mol.